The number of alkyl halides is 1. The third-order valence-electron chi connectivity index (χ3n) is 6.92. The van der Waals surface area contributed by atoms with Crippen molar-refractivity contribution >= 4 is 38.0 Å². The van der Waals surface area contributed by atoms with Crippen LogP contribution >= 0.6 is 15.9 Å². The number of hydrogen-bond acceptors (Lipinski definition) is 2. The number of aryl methyl sites for hydroxylation is 4. The van der Waals surface area contributed by atoms with Crippen LogP contribution in [0.25, 0.3) is 44.6 Å². The number of nitrogens with zero attached hydrogens (tertiary/aromatic N) is 3. The van der Waals surface area contributed by atoms with Crippen molar-refractivity contribution in [3.63, 3.8) is 0 Å². The van der Waals surface area contributed by atoms with Crippen molar-refractivity contribution in [1.82, 2.24) is 19.5 Å². The zero-order chi connectivity index (χ0) is 26.6. The molecule has 2 heterocycles. The summed E-state index contributed by atoms with van der Waals surface area (Å²) in [6.07, 6.45) is 2.08. The minimum absolute atomic E-state index is 0.918. The summed E-state index contributed by atoms with van der Waals surface area (Å²) in [5.74, 6) is 2.05. The Morgan fingerprint density at radius 2 is 1.55 bits per heavy atom. The lowest BCUT2D eigenvalue weighted by Gasteiger charge is -2.06. The van der Waals surface area contributed by atoms with Gasteiger partial charge in [0, 0.05) is 24.4 Å². The van der Waals surface area contributed by atoms with E-state index in [9.17, 15) is 0 Å². The van der Waals surface area contributed by atoms with E-state index in [-0.39, 0.29) is 0 Å². The SMILES string of the molecule is CCCc1nc2c(C)cc(-c3nc4ccccc4n3C)cc2[nH]1.Cc1ccccc1-c1ccc(CBr)cc1. The summed E-state index contributed by atoms with van der Waals surface area (Å²) in [5.41, 5.74) is 11.9. The van der Waals surface area contributed by atoms with Gasteiger partial charge in [-0.2, -0.15) is 0 Å². The van der Waals surface area contributed by atoms with E-state index in [0.29, 0.717) is 0 Å². The van der Waals surface area contributed by atoms with Gasteiger partial charge in [0.15, 0.2) is 0 Å². The first-order valence-corrected chi connectivity index (χ1v) is 14.2. The molecule has 0 unspecified atom stereocenters. The summed E-state index contributed by atoms with van der Waals surface area (Å²) in [6, 6.07) is 29.7. The molecule has 1 N–H and O–H groups in total. The van der Waals surface area contributed by atoms with Gasteiger partial charge in [0.05, 0.1) is 22.1 Å². The average molecular weight is 566 g/mol. The summed E-state index contributed by atoms with van der Waals surface area (Å²) in [4.78, 5) is 13.0. The highest BCUT2D eigenvalue weighted by Gasteiger charge is 2.13. The van der Waals surface area contributed by atoms with Gasteiger partial charge in [0.1, 0.15) is 11.6 Å². The van der Waals surface area contributed by atoms with Crippen LogP contribution in [0.4, 0.5) is 0 Å². The van der Waals surface area contributed by atoms with Gasteiger partial charge < -0.3 is 9.55 Å². The summed E-state index contributed by atoms with van der Waals surface area (Å²) >= 11 is 3.45. The van der Waals surface area contributed by atoms with Crippen molar-refractivity contribution < 1.29 is 0 Å². The van der Waals surface area contributed by atoms with Crippen molar-refractivity contribution in [1.29, 1.82) is 0 Å². The third-order valence-corrected chi connectivity index (χ3v) is 7.57. The van der Waals surface area contributed by atoms with Gasteiger partial charge in [-0.3, -0.25) is 0 Å². The molecule has 0 saturated carbocycles. The van der Waals surface area contributed by atoms with Crippen LogP contribution in [0, 0.1) is 13.8 Å². The number of aromatic amines is 1. The summed E-state index contributed by atoms with van der Waals surface area (Å²) in [5, 5.41) is 0.918. The number of hydrogen-bond donors (Lipinski definition) is 1. The first kappa shape index (κ1) is 25.9. The lowest BCUT2D eigenvalue weighted by Crippen LogP contribution is -1.93. The molecule has 38 heavy (non-hydrogen) atoms. The molecule has 4 nitrogen and oxygen atoms in total. The number of H-pyrrole nitrogens is 1. The first-order valence-electron chi connectivity index (χ1n) is 13.1. The van der Waals surface area contributed by atoms with Gasteiger partial charge in [-0.05, 0) is 72.4 Å². The predicted molar refractivity (Wildman–Crippen MR) is 164 cm³/mol. The highest BCUT2D eigenvalue weighted by Crippen LogP contribution is 2.28. The van der Waals surface area contributed by atoms with Crippen molar-refractivity contribution in [2.45, 2.75) is 38.9 Å². The number of rotatable bonds is 5. The number of aromatic nitrogens is 4. The van der Waals surface area contributed by atoms with E-state index < -0.39 is 0 Å². The van der Waals surface area contributed by atoms with E-state index in [1.807, 2.05) is 12.1 Å². The Morgan fingerprint density at radius 3 is 2.26 bits per heavy atom. The van der Waals surface area contributed by atoms with Gasteiger partial charge >= 0.3 is 0 Å². The van der Waals surface area contributed by atoms with Crippen molar-refractivity contribution in [3.05, 3.63) is 107 Å². The molecule has 0 radical (unpaired) electrons. The molecule has 0 aliphatic carbocycles. The van der Waals surface area contributed by atoms with E-state index in [2.05, 4.69) is 126 Å². The molecule has 0 atom stereocenters. The molecule has 5 heteroatoms. The molecule has 0 aliphatic heterocycles. The maximum atomic E-state index is 4.80. The summed E-state index contributed by atoms with van der Waals surface area (Å²) < 4.78 is 2.15. The lowest BCUT2D eigenvalue weighted by atomic mass is 10.00. The van der Waals surface area contributed by atoms with Gasteiger partial charge in [-0.25, -0.2) is 9.97 Å². The molecule has 0 aliphatic rings. The smallest absolute Gasteiger partial charge is 0.140 e. The van der Waals surface area contributed by atoms with Crippen molar-refractivity contribution in [2.24, 2.45) is 7.05 Å². The highest BCUT2D eigenvalue weighted by atomic mass is 79.9. The normalized spacial score (nSPS) is 11.1. The Hall–Kier alpha value is -3.70. The van der Waals surface area contributed by atoms with Crippen LogP contribution in [0.3, 0.4) is 0 Å². The molecule has 6 aromatic rings. The number of fused-ring (bicyclic) bond motifs is 2. The zero-order valence-corrected chi connectivity index (χ0v) is 24.0. The summed E-state index contributed by atoms with van der Waals surface area (Å²) in [7, 11) is 2.07. The Kier molecular flexibility index (Phi) is 7.75. The third kappa shape index (κ3) is 5.30. The van der Waals surface area contributed by atoms with Crippen LogP contribution in [0.1, 0.15) is 35.9 Å². The molecule has 0 amide bonds. The van der Waals surface area contributed by atoms with Crippen LogP contribution in [-0.4, -0.2) is 19.5 Å². The van der Waals surface area contributed by atoms with Crippen molar-refractivity contribution in [2.75, 3.05) is 0 Å². The Bertz CT molecular complexity index is 1690. The number of para-hydroxylation sites is 2. The topological polar surface area (TPSA) is 46.5 Å². The number of halogens is 1. The van der Waals surface area contributed by atoms with Gasteiger partial charge in [-0.1, -0.05) is 83.5 Å². The molecule has 0 bridgehead atoms. The van der Waals surface area contributed by atoms with Crippen LogP contribution in [0.15, 0.2) is 84.9 Å². The predicted octanol–water partition coefficient (Wildman–Crippen LogP) is 8.93. The zero-order valence-electron chi connectivity index (χ0n) is 22.4. The Labute approximate surface area is 232 Å². The molecular weight excluding hydrogens is 532 g/mol. The maximum Gasteiger partial charge on any atom is 0.140 e. The minimum Gasteiger partial charge on any atom is -0.342 e. The molecule has 192 valence electrons. The minimum atomic E-state index is 0.918. The quantitative estimate of drug-likeness (QED) is 0.212. The van der Waals surface area contributed by atoms with E-state index in [1.165, 1.54) is 27.8 Å². The van der Waals surface area contributed by atoms with Gasteiger partial charge in [0.2, 0.25) is 0 Å². The second-order valence-corrected chi connectivity index (χ2v) is 10.3. The highest BCUT2D eigenvalue weighted by molar-refractivity contribution is 9.08. The van der Waals surface area contributed by atoms with Crippen LogP contribution < -0.4 is 0 Å². The largest absolute Gasteiger partial charge is 0.342 e. The van der Waals surface area contributed by atoms with Crippen LogP contribution in [0.5, 0.6) is 0 Å². The monoisotopic (exact) mass is 564 g/mol. The number of imidazole rings is 2. The summed E-state index contributed by atoms with van der Waals surface area (Å²) in [6.45, 7) is 6.43. The number of nitrogens with one attached hydrogen (secondary N) is 1. The molecule has 6 rings (SSSR count). The van der Waals surface area contributed by atoms with E-state index >= 15 is 0 Å². The fourth-order valence-electron chi connectivity index (χ4n) is 4.90. The van der Waals surface area contributed by atoms with Crippen LogP contribution in [0.2, 0.25) is 0 Å². The number of benzene rings is 4. The lowest BCUT2D eigenvalue weighted by molar-refractivity contribution is 0.861. The van der Waals surface area contributed by atoms with Crippen LogP contribution in [-0.2, 0) is 18.8 Å². The molecule has 0 spiro atoms. The van der Waals surface area contributed by atoms with Crippen molar-refractivity contribution in [3.8, 4) is 22.5 Å². The maximum absolute atomic E-state index is 4.80. The first-order chi connectivity index (χ1) is 18.5. The standard InChI is InChI=1S/C19H20N4.C14H13Br/c1-4-7-17-20-15-11-13(10-12(2)18(15)22-17)19-21-14-8-5-6-9-16(14)23(19)3;1-11-4-2-3-5-14(11)13-8-6-12(10-15)7-9-13/h5-6,8-11H,4,7H2,1-3H3,(H,20,22);2-9H,10H2,1H3. The second kappa shape index (κ2) is 11.4. The molecule has 0 saturated heterocycles. The molecule has 0 fully saturated rings. The average Bonchev–Trinajstić information content (AvgIpc) is 3.51. The fourth-order valence-corrected chi connectivity index (χ4v) is 5.27. The van der Waals surface area contributed by atoms with E-state index in [1.54, 1.807) is 0 Å². The molecule has 2 aromatic heterocycles. The molecular formula is C33H33BrN4. The molecule has 4 aromatic carbocycles. The van der Waals surface area contributed by atoms with Gasteiger partial charge in [0.25, 0.3) is 0 Å². The Morgan fingerprint density at radius 1 is 0.816 bits per heavy atom. The second-order valence-electron chi connectivity index (χ2n) is 9.75. The van der Waals surface area contributed by atoms with E-state index in [4.69, 9.17) is 9.97 Å². The van der Waals surface area contributed by atoms with Gasteiger partial charge in [-0.15, -0.1) is 0 Å². The Balaban J connectivity index is 0.000000170. The van der Waals surface area contributed by atoms with E-state index in [0.717, 1.165) is 57.5 Å². The fraction of sp³-hybridized carbons (Fsp3) is 0.212.